The Kier molecular flexibility index (Phi) is 4.73. The standard InChI is InChI=1S/C14H20O4/c1-14(2,13(15)16)8-11-7-10(9-17-3)5-6-12(11)18-4/h5-7H,8-9H2,1-4H3,(H,15,16). The average Bonchev–Trinajstić information content (AvgIpc) is 2.29. The van der Waals surface area contributed by atoms with E-state index in [1.54, 1.807) is 28.1 Å². The molecule has 0 fully saturated rings. The van der Waals surface area contributed by atoms with Crippen LogP contribution in [0, 0.1) is 5.41 Å². The molecule has 1 N–H and O–H groups in total. The van der Waals surface area contributed by atoms with Gasteiger partial charge in [0.1, 0.15) is 5.75 Å². The van der Waals surface area contributed by atoms with Gasteiger partial charge in [0.25, 0.3) is 0 Å². The molecule has 0 radical (unpaired) electrons. The van der Waals surface area contributed by atoms with Gasteiger partial charge in [0.15, 0.2) is 0 Å². The zero-order valence-electron chi connectivity index (χ0n) is 11.3. The summed E-state index contributed by atoms with van der Waals surface area (Å²) in [5.41, 5.74) is 1.08. The molecular formula is C14H20O4. The van der Waals surface area contributed by atoms with E-state index in [0.717, 1.165) is 11.1 Å². The van der Waals surface area contributed by atoms with Crippen LogP contribution in [0.15, 0.2) is 18.2 Å². The minimum Gasteiger partial charge on any atom is -0.496 e. The number of rotatable bonds is 6. The first-order valence-electron chi connectivity index (χ1n) is 5.79. The number of carboxylic acid groups (broad SMARTS) is 1. The molecule has 1 aromatic carbocycles. The van der Waals surface area contributed by atoms with Gasteiger partial charge in [0.05, 0.1) is 19.1 Å². The first-order valence-corrected chi connectivity index (χ1v) is 5.79. The van der Waals surface area contributed by atoms with Gasteiger partial charge >= 0.3 is 5.97 Å². The van der Waals surface area contributed by atoms with Crippen molar-refractivity contribution < 1.29 is 19.4 Å². The fourth-order valence-corrected chi connectivity index (χ4v) is 1.78. The van der Waals surface area contributed by atoms with Crippen LogP contribution in [0.1, 0.15) is 25.0 Å². The van der Waals surface area contributed by atoms with E-state index in [4.69, 9.17) is 9.47 Å². The van der Waals surface area contributed by atoms with E-state index < -0.39 is 11.4 Å². The molecular weight excluding hydrogens is 232 g/mol. The minimum absolute atomic E-state index is 0.420. The SMILES string of the molecule is COCc1ccc(OC)c(CC(C)(C)C(=O)O)c1. The predicted molar refractivity (Wildman–Crippen MR) is 68.8 cm³/mol. The number of hydrogen-bond acceptors (Lipinski definition) is 3. The van der Waals surface area contributed by atoms with Crippen molar-refractivity contribution in [2.75, 3.05) is 14.2 Å². The Bertz CT molecular complexity index is 424. The molecule has 0 bridgehead atoms. The van der Waals surface area contributed by atoms with Gasteiger partial charge in [-0.1, -0.05) is 6.07 Å². The summed E-state index contributed by atoms with van der Waals surface area (Å²) in [6.45, 7) is 3.92. The molecule has 0 aliphatic heterocycles. The third-order valence-electron chi connectivity index (χ3n) is 2.87. The number of aliphatic carboxylic acids is 1. The molecule has 1 aromatic rings. The average molecular weight is 252 g/mol. The normalized spacial score (nSPS) is 11.3. The number of carbonyl (C=O) groups is 1. The van der Waals surface area contributed by atoms with Crippen molar-refractivity contribution in [3.63, 3.8) is 0 Å². The molecule has 4 nitrogen and oxygen atoms in total. The summed E-state index contributed by atoms with van der Waals surface area (Å²) in [4.78, 5) is 11.2. The van der Waals surface area contributed by atoms with Crippen molar-refractivity contribution in [1.29, 1.82) is 0 Å². The van der Waals surface area contributed by atoms with E-state index in [-0.39, 0.29) is 0 Å². The Morgan fingerprint density at radius 3 is 2.50 bits per heavy atom. The van der Waals surface area contributed by atoms with Crippen LogP contribution in [-0.2, 0) is 22.6 Å². The Balaban J connectivity index is 3.04. The maximum atomic E-state index is 11.2. The third kappa shape index (κ3) is 3.47. The van der Waals surface area contributed by atoms with Crippen LogP contribution >= 0.6 is 0 Å². The van der Waals surface area contributed by atoms with Crippen LogP contribution < -0.4 is 4.74 Å². The topological polar surface area (TPSA) is 55.8 Å². The zero-order valence-corrected chi connectivity index (χ0v) is 11.3. The summed E-state index contributed by atoms with van der Waals surface area (Å²) in [5, 5.41) is 9.17. The predicted octanol–water partition coefficient (Wildman–Crippen LogP) is 2.49. The van der Waals surface area contributed by atoms with Gasteiger partial charge < -0.3 is 14.6 Å². The first-order chi connectivity index (χ1) is 8.40. The molecule has 0 aliphatic carbocycles. The fraction of sp³-hybridized carbons (Fsp3) is 0.500. The molecule has 0 heterocycles. The number of ether oxygens (including phenoxy) is 2. The Hall–Kier alpha value is -1.55. The number of methoxy groups -OCH3 is 2. The van der Waals surface area contributed by atoms with E-state index in [2.05, 4.69) is 0 Å². The second kappa shape index (κ2) is 5.87. The van der Waals surface area contributed by atoms with E-state index in [1.165, 1.54) is 0 Å². The summed E-state index contributed by atoms with van der Waals surface area (Å²) < 4.78 is 10.3. The van der Waals surface area contributed by atoms with Crippen LogP contribution in [0.2, 0.25) is 0 Å². The van der Waals surface area contributed by atoms with E-state index in [9.17, 15) is 9.90 Å². The molecule has 4 heteroatoms. The van der Waals surface area contributed by atoms with Gasteiger partial charge in [-0.15, -0.1) is 0 Å². The highest BCUT2D eigenvalue weighted by molar-refractivity contribution is 5.74. The van der Waals surface area contributed by atoms with Crippen molar-refractivity contribution >= 4 is 5.97 Å². The Labute approximate surface area is 108 Å². The number of carboxylic acids is 1. The highest BCUT2D eigenvalue weighted by Gasteiger charge is 2.28. The van der Waals surface area contributed by atoms with Gasteiger partial charge in [0, 0.05) is 7.11 Å². The summed E-state index contributed by atoms with van der Waals surface area (Å²) in [6.07, 6.45) is 0.420. The van der Waals surface area contributed by atoms with Crippen molar-refractivity contribution in [3.8, 4) is 5.75 Å². The largest absolute Gasteiger partial charge is 0.496 e. The van der Waals surface area contributed by atoms with Gasteiger partial charge in [-0.2, -0.15) is 0 Å². The van der Waals surface area contributed by atoms with Crippen molar-refractivity contribution in [3.05, 3.63) is 29.3 Å². The maximum Gasteiger partial charge on any atom is 0.309 e. The molecule has 0 saturated carbocycles. The molecule has 100 valence electrons. The molecule has 0 aliphatic rings. The first kappa shape index (κ1) is 14.5. The quantitative estimate of drug-likeness (QED) is 0.845. The van der Waals surface area contributed by atoms with Crippen molar-refractivity contribution in [2.45, 2.75) is 26.9 Å². The lowest BCUT2D eigenvalue weighted by molar-refractivity contribution is -0.146. The highest BCUT2D eigenvalue weighted by Crippen LogP contribution is 2.29. The molecule has 0 aromatic heterocycles. The molecule has 0 saturated heterocycles. The second-order valence-corrected chi connectivity index (χ2v) is 4.95. The van der Waals surface area contributed by atoms with E-state index in [1.807, 2.05) is 18.2 Å². The fourth-order valence-electron chi connectivity index (χ4n) is 1.78. The van der Waals surface area contributed by atoms with Crippen LogP contribution in [0.25, 0.3) is 0 Å². The smallest absolute Gasteiger partial charge is 0.309 e. The van der Waals surface area contributed by atoms with Gasteiger partial charge in [-0.3, -0.25) is 4.79 Å². The van der Waals surface area contributed by atoms with Crippen LogP contribution in [-0.4, -0.2) is 25.3 Å². The molecule has 18 heavy (non-hydrogen) atoms. The van der Waals surface area contributed by atoms with Crippen LogP contribution in [0.3, 0.4) is 0 Å². The molecule has 0 spiro atoms. The second-order valence-electron chi connectivity index (χ2n) is 4.95. The summed E-state index contributed by atoms with van der Waals surface area (Å²) >= 11 is 0. The number of hydrogen-bond donors (Lipinski definition) is 1. The summed E-state index contributed by atoms with van der Waals surface area (Å²) in [7, 11) is 3.22. The van der Waals surface area contributed by atoms with Gasteiger partial charge in [-0.05, 0) is 43.5 Å². The lowest BCUT2D eigenvalue weighted by Gasteiger charge is -2.21. The Morgan fingerprint density at radius 1 is 1.33 bits per heavy atom. The van der Waals surface area contributed by atoms with Crippen LogP contribution in [0.4, 0.5) is 0 Å². The minimum atomic E-state index is -0.820. The maximum absolute atomic E-state index is 11.2. The number of benzene rings is 1. The van der Waals surface area contributed by atoms with E-state index >= 15 is 0 Å². The Morgan fingerprint density at radius 2 is 2.00 bits per heavy atom. The molecule has 1 rings (SSSR count). The molecule has 0 atom stereocenters. The summed E-state index contributed by atoms with van der Waals surface area (Å²) in [5.74, 6) is -0.106. The lowest BCUT2D eigenvalue weighted by Crippen LogP contribution is -2.26. The lowest BCUT2D eigenvalue weighted by atomic mass is 9.85. The van der Waals surface area contributed by atoms with Crippen LogP contribution in [0.5, 0.6) is 5.75 Å². The zero-order chi connectivity index (χ0) is 13.8. The van der Waals surface area contributed by atoms with Crippen molar-refractivity contribution in [2.24, 2.45) is 5.41 Å². The summed E-state index contributed by atoms with van der Waals surface area (Å²) in [6, 6.07) is 5.70. The van der Waals surface area contributed by atoms with Gasteiger partial charge in [-0.25, -0.2) is 0 Å². The van der Waals surface area contributed by atoms with Crippen molar-refractivity contribution in [1.82, 2.24) is 0 Å². The highest BCUT2D eigenvalue weighted by atomic mass is 16.5. The van der Waals surface area contributed by atoms with Gasteiger partial charge in [0.2, 0.25) is 0 Å². The molecule has 0 amide bonds. The monoisotopic (exact) mass is 252 g/mol. The molecule has 0 unspecified atom stereocenters. The third-order valence-corrected chi connectivity index (χ3v) is 2.87. The van der Waals surface area contributed by atoms with E-state index in [0.29, 0.717) is 18.8 Å².